The molecule has 6 nitrogen and oxygen atoms in total. The molecule has 0 N–H and O–H groups in total. The van der Waals surface area contributed by atoms with Crippen LogP contribution >= 0.6 is 0 Å². The largest absolute Gasteiger partial charge is 0.471 e. The van der Waals surface area contributed by atoms with Gasteiger partial charge in [0.25, 0.3) is 0 Å². The van der Waals surface area contributed by atoms with Crippen molar-refractivity contribution in [3.05, 3.63) is 218 Å². The Morgan fingerprint density at radius 3 is 1.82 bits per heavy atom. The number of allylic oxidation sites excluding steroid dienone is 3. The van der Waals surface area contributed by atoms with Crippen molar-refractivity contribution in [3.8, 4) is 33.7 Å². The number of anilines is 5. The minimum atomic E-state index is -0.00349. The van der Waals surface area contributed by atoms with Gasteiger partial charge in [0.05, 0.1) is 11.7 Å². The number of fused-ring (bicyclic) bond motifs is 1. The van der Waals surface area contributed by atoms with Crippen LogP contribution in [-0.4, -0.2) is 23.0 Å². The zero-order chi connectivity index (χ0) is 42.3. The Bertz CT molecular complexity index is 2840. The van der Waals surface area contributed by atoms with Gasteiger partial charge >= 0.3 is 0 Å². The molecule has 0 radical (unpaired) electrons. The van der Waals surface area contributed by atoms with Gasteiger partial charge in [0, 0.05) is 46.0 Å². The number of benzene rings is 7. The standard InChI is InChI=1S/C56H48N4O2/c1-4-17-53-40(3)57-55(61-53)27-16-22-45(5-2)60(47-20-10-7-11-21-47)52-25-14-12-23-50(52)43-30-28-41(29-31-43)42-32-36-48(37-33-42)59(46-18-8-6-9-19-46)49-38-34-44(35-39-49)56-58-51-24-13-15-26-54(51)62-56/h4-26,28-40,53H,27H2,1-3H3/b17-4-,22-16-,45-5+. The van der Waals surface area contributed by atoms with Crippen LogP contribution in [0.3, 0.4) is 0 Å². The molecule has 7 aromatic carbocycles. The molecule has 62 heavy (non-hydrogen) atoms. The van der Waals surface area contributed by atoms with E-state index in [9.17, 15) is 0 Å². The quantitative estimate of drug-likeness (QED) is 0.0858. The lowest BCUT2D eigenvalue weighted by Crippen LogP contribution is -2.16. The number of oxazole rings is 1. The summed E-state index contributed by atoms with van der Waals surface area (Å²) < 4.78 is 12.2. The van der Waals surface area contributed by atoms with Crippen LogP contribution < -0.4 is 9.80 Å². The summed E-state index contributed by atoms with van der Waals surface area (Å²) in [4.78, 5) is 14.1. The van der Waals surface area contributed by atoms with Gasteiger partial charge in [-0.1, -0.05) is 121 Å². The molecule has 2 heterocycles. The first-order valence-corrected chi connectivity index (χ1v) is 21.2. The summed E-state index contributed by atoms with van der Waals surface area (Å²) in [6.07, 6.45) is 11.2. The molecule has 1 aromatic heterocycles. The van der Waals surface area contributed by atoms with Crippen molar-refractivity contribution < 1.29 is 9.15 Å². The van der Waals surface area contributed by atoms with Gasteiger partial charge in [-0.05, 0) is 128 Å². The topological polar surface area (TPSA) is 54.1 Å². The second-order valence-corrected chi connectivity index (χ2v) is 15.2. The highest BCUT2D eigenvalue weighted by Gasteiger charge is 2.24. The first kappa shape index (κ1) is 39.7. The highest BCUT2D eigenvalue weighted by Crippen LogP contribution is 2.40. The Kier molecular flexibility index (Phi) is 11.7. The maximum Gasteiger partial charge on any atom is 0.227 e. The van der Waals surface area contributed by atoms with E-state index in [0.717, 1.165) is 78.9 Å². The van der Waals surface area contributed by atoms with Gasteiger partial charge in [-0.25, -0.2) is 9.98 Å². The zero-order valence-electron chi connectivity index (χ0n) is 35.2. The van der Waals surface area contributed by atoms with E-state index in [1.807, 2.05) is 43.3 Å². The van der Waals surface area contributed by atoms with E-state index < -0.39 is 0 Å². The van der Waals surface area contributed by atoms with E-state index in [1.165, 1.54) is 0 Å². The minimum absolute atomic E-state index is 0.00349. The van der Waals surface area contributed by atoms with E-state index in [4.69, 9.17) is 19.1 Å². The van der Waals surface area contributed by atoms with Crippen LogP contribution in [0.1, 0.15) is 27.2 Å². The molecule has 2 atom stereocenters. The van der Waals surface area contributed by atoms with E-state index in [2.05, 4.69) is 200 Å². The Balaban J connectivity index is 0.970. The number of aliphatic imine (C=N–C) groups is 1. The number of ether oxygens (including phenoxy) is 1. The molecule has 0 amide bonds. The van der Waals surface area contributed by atoms with Crippen LogP contribution in [0, 0.1) is 0 Å². The lowest BCUT2D eigenvalue weighted by atomic mass is 9.98. The van der Waals surface area contributed by atoms with Crippen LogP contribution in [0.25, 0.3) is 44.8 Å². The van der Waals surface area contributed by atoms with Crippen LogP contribution in [0.5, 0.6) is 0 Å². The van der Waals surface area contributed by atoms with Crippen LogP contribution in [0.2, 0.25) is 0 Å². The summed E-state index contributed by atoms with van der Waals surface area (Å²) in [5, 5.41) is 0. The molecular formula is C56H48N4O2. The highest BCUT2D eigenvalue weighted by molar-refractivity contribution is 5.87. The van der Waals surface area contributed by atoms with E-state index in [-0.39, 0.29) is 12.1 Å². The molecule has 6 heteroatoms. The van der Waals surface area contributed by atoms with E-state index >= 15 is 0 Å². The molecule has 2 unspecified atom stereocenters. The lowest BCUT2D eigenvalue weighted by molar-refractivity contribution is 0.243. The molecule has 0 saturated carbocycles. The van der Waals surface area contributed by atoms with Gasteiger partial charge in [0.2, 0.25) is 5.89 Å². The van der Waals surface area contributed by atoms with Gasteiger partial charge in [-0.3, -0.25) is 0 Å². The normalized spacial score (nSPS) is 15.3. The van der Waals surface area contributed by atoms with Crippen molar-refractivity contribution in [2.24, 2.45) is 4.99 Å². The number of aromatic nitrogens is 1. The smallest absolute Gasteiger partial charge is 0.227 e. The molecule has 0 spiro atoms. The number of nitrogens with zero attached hydrogens (tertiary/aromatic N) is 4. The molecule has 8 aromatic rings. The number of hydrogen-bond acceptors (Lipinski definition) is 6. The summed E-state index contributed by atoms with van der Waals surface area (Å²) in [6, 6.07) is 63.6. The number of para-hydroxylation sites is 5. The predicted molar refractivity (Wildman–Crippen MR) is 258 cm³/mol. The van der Waals surface area contributed by atoms with Gasteiger partial charge < -0.3 is 19.0 Å². The average Bonchev–Trinajstić information content (AvgIpc) is 3.93. The monoisotopic (exact) mass is 808 g/mol. The summed E-state index contributed by atoms with van der Waals surface area (Å²) >= 11 is 0. The maximum atomic E-state index is 6.13. The molecule has 9 rings (SSSR count). The van der Waals surface area contributed by atoms with Crippen molar-refractivity contribution in [2.75, 3.05) is 9.80 Å². The minimum Gasteiger partial charge on any atom is -0.471 e. The summed E-state index contributed by atoms with van der Waals surface area (Å²) in [5.74, 6) is 1.38. The summed E-state index contributed by atoms with van der Waals surface area (Å²) in [5.41, 5.74) is 13.5. The molecule has 0 bridgehead atoms. The van der Waals surface area contributed by atoms with Gasteiger partial charge in [0.1, 0.15) is 11.6 Å². The first-order chi connectivity index (χ1) is 30.6. The predicted octanol–water partition coefficient (Wildman–Crippen LogP) is 15.0. The van der Waals surface area contributed by atoms with Gasteiger partial charge in [-0.15, -0.1) is 0 Å². The third-order valence-corrected chi connectivity index (χ3v) is 11.1. The fourth-order valence-corrected chi connectivity index (χ4v) is 7.99. The fraction of sp³-hybridized carbons (Fsp3) is 0.107. The van der Waals surface area contributed by atoms with E-state index in [0.29, 0.717) is 12.3 Å². The number of rotatable bonds is 13. The Morgan fingerprint density at radius 2 is 1.16 bits per heavy atom. The maximum absolute atomic E-state index is 6.13. The summed E-state index contributed by atoms with van der Waals surface area (Å²) in [7, 11) is 0. The average molecular weight is 809 g/mol. The van der Waals surface area contributed by atoms with Crippen LogP contribution in [0.4, 0.5) is 28.4 Å². The van der Waals surface area contributed by atoms with Crippen molar-refractivity contribution in [3.63, 3.8) is 0 Å². The molecule has 304 valence electrons. The Labute approximate surface area is 364 Å². The SMILES string of the molecule is C/C=C\C1OC(C/C=C\C(=C/C)N(c2ccccc2)c2ccccc2-c2ccc(-c3ccc(N(c4ccccc4)c4ccc(-c5nc6ccccc6o5)cc4)cc3)cc2)=NC1C. The summed E-state index contributed by atoms with van der Waals surface area (Å²) in [6.45, 7) is 6.20. The molecular weight excluding hydrogens is 761 g/mol. The van der Waals surface area contributed by atoms with Gasteiger partial charge in [-0.2, -0.15) is 0 Å². The van der Waals surface area contributed by atoms with Gasteiger partial charge in [0.15, 0.2) is 11.5 Å². The third kappa shape index (κ3) is 8.49. The van der Waals surface area contributed by atoms with Crippen molar-refractivity contribution in [2.45, 2.75) is 39.3 Å². The van der Waals surface area contributed by atoms with Crippen molar-refractivity contribution >= 4 is 45.4 Å². The molecule has 1 aliphatic heterocycles. The molecule has 1 aliphatic rings. The fourth-order valence-electron chi connectivity index (χ4n) is 7.99. The Morgan fingerprint density at radius 1 is 0.597 bits per heavy atom. The van der Waals surface area contributed by atoms with Crippen LogP contribution in [0.15, 0.2) is 227 Å². The Hall–Kier alpha value is -7.70. The second-order valence-electron chi connectivity index (χ2n) is 15.2. The van der Waals surface area contributed by atoms with E-state index in [1.54, 1.807) is 0 Å². The lowest BCUT2D eigenvalue weighted by Gasteiger charge is -2.28. The molecule has 0 saturated heterocycles. The first-order valence-electron chi connectivity index (χ1n) is 21.2. The van der Waals surface area contributed by atoms with Crippen molar-refractivity contribution in [1.29, 1.82) is 0 Å². The zero-order valence-corrected chi connectivity index (χ0v) is 35.2. The third-order valence-electron chi connectivity index (χ3n) is 11.1. The molecule has 0 fully saturated rings. The number of hydrogen-bond donors (Lipinski definition) is 0. The second kappa shape index (κ2) is 18.3. The molecule has 0 aliphatic carbocycles. The van der Waals surface area contributed by atoms with Crippen molar-refractivity contribution in [1.82, 2.24) is 4.98 Å². The highest BCUT2D eigenvalue weighted by atomic mass is 16.5. The van der Waals surface area contributed by atoms with Crippen LogP contribution in [-0.2, 0) is 4.74 Å².